The summed E-state index contributed by atoms with van der Waals surface area (Å²) in [7, 11) is 0. The first-order valence-electron chi connectivity index (χ1n) is 19.7. The molecule has 0 amide bonds. The molecule has 0 radical (unpaired) electrons. The summed E-state index contributed by atoms with van der Waals surface area (Å²) in [6.45, 7) is 0. The molecule has 6 unspecified atom stereocenters. The average Bonchev–Trinajstić information content (AvgIpc) is 3.58. The lowest BCUT2D eigenvalue weighted by molar-refractivity contribution is 0.144. The number of rotatable bonds is 5. The van der Waals surface area contributed by atoms with Crippen molar-refractivity contribution in [3.05, 3.63) is 143 Å². The van der Waals surface area contributed by atoms with E-state index in [0.717, 1.165) is 17.8 Å². The third-order valence-electron chi connectivity index (χ3n) is 12.9. The molecule has 51 heavy (non-hydrogen) atoms. The average molecular weight is 688 g/mol. The molecule has 6 aromatic rings. The van der Waals surface area contributed by atoms with Crippen molar-refractivity contribution >= 4 is 31.5 Å². The van der Waals surface area contributed by atoms with Crippen molar-refractivity contribution in [2.24, 2.45) is 11.8 Å². The molecule has 2 saturated carbocycles. The fourth-order valence-electron chi connectivity index (χ4n) is 10.2. The third kappa shape index (κ3) is 6.14. The van der Waals surface area contributed by atoms with Gasteiger partial charge in [0.1, 0.15) is 0 Å². The van der Waals surface area contributed by atoms with E-state index in [4.69, 9.17) is 0 Å². The molecule has 10 rings (SSSR count). The predicted octanol–water partition coefficient (Wildman–Crippen LogP) is 11.9. The van der Waals surface area contributed by atoms with E-state index >= 15 is 0 Å². The summed E-state index contributed by atoms with van der Waals surface area (Å²) in [6, 6.07) is 41.9. The summed E-state index contributed by atoms with van der Waals surface area (Å²) in [5, 5.41) is 14.4. The van der Waals surface area contributed by atoms with Gasteiger partial charge in [0, 0.05) is 20.2 Å². The number of nitrogens with one attached hydrogen (secondary N) is 3. The van der Waals surface area contributed by atoms with Crippen LogP contribution in [-0.4, -0.2) is 0 Å². The van der Waals surface area contributed by atoms with E-state index in [1.807, 2.05) is 11.3 Å². The summed E-state index contributed by atoms with van der Waals surface area (Å²) in [5.74, 6) is 2.64. The number of thiophene rings is 1. The van der Waals surface area contributed by atoms with Gasteiger partial charge in [-0.1, -0.05) is 129 Å². The van der Waals surface area contributed by atoms with Crippen LogP contribution in [-0.2, 0) is 12.8 Å². The monoisotopic (exact) mass is 687 g/mol. The van der Waals surface area contributed by atoms with Crippen LogP contribution >= 0.6 is 11.3 Å². The predicted molar refractivity (Wildman–Crippen MR) is 214 cm³/mol. The SMILES string of the molecule is c1ccc(C2NC(c3ccc4c(c3)CCCC4)NC(c3ccc4c(c3)sc3cc(-c5ccc(C6CCCC7CCCCC76)cc5)ccc34)N2)cc1. The highest BCUT2D eigenvalue weighted by Gasteiger charge is 2.35. The Balaban J connectivity index is 0.933. The fraction of sp³-hybridized carbons (Fsp3) is 0.362. The molecule has 2 heterocycles. The second-order valence-electron chi connectivity index (χ2n) is 15.9. The van der Waals surface area contributed by atoms with Gasteiger partial charge in [0.15, 0.2) is 0 Å². The zero-order valence-corrected chi connectivity index (χ0v) is 30.4. The first kappa shape index (κ1) is 31.9. The molecule has 1 saturated heterocycles. The first-order valence-corrected chi connectivity index (χ1v) is 20.6. The second kappa shape index (κ2) is 13.6. The Hall–Kier alpha value is -3.80. The normalized spacial score (nSPS) is 26.5. The lowest BCUT2D eigenvalue weighted by Crippen LogP contribution is -2.54. The van der Waals surface area contributed by atoms with E-state index in [2.05, 4.69) is 125 Å². The molecule has 3 nitrogen and oxygen atoms in total. The molecule has 1 aliphatic heterocycles. The van der Waals surface area contributed by atoms with Crippen molar-refractivity contribution < 1.29 is 0 Å². The Bertz CT molecular complexity index is 2170. The van der Waals surface area contributed by atoms with Gasteiger partial charge >= 0.3 is 0 Å². The Kier molecular flexibility index (Phi) is 8.53. The topological polar surface area (TPSA) is 36.1 Å². The van der Waals surface area contributed by atoms with E-state index in [1.54, 1.807) is 5.56 Å². The van der Waals surface area contributed by atoms with Crippen molar-refractivity contribution in [3.63, 3.8) is 0 Å². The van der Waals surface area contributed by atoms with Crippen LogP contribution in [0.5, 0.6) is 0 Å². The quantitative estimate of drug-likeness (QED) is 0.169. The molecule has 0 spiro atoms. The Morgan fingerprint density at radius 1 is 0.451 bits per heavy atom. The zero-order chi connectivity index (χ0) is 33.7. The Labute approximate surface area is 306 Å². The maximum Gasteiger partial charge on any atom is 0.0865 e. The van der Waals surface area contributed by atoms with E-state index in [-0.39, 0.29) is 18.5 Å². The Morgan fingerprint density at radius 3 is 1.90 bits per heavy atom. The van der Waals surface area contributed by atoms with Gasteiger partial charge in [0.25, 0.3) is 0 Å². The lowest BCUT2D eigenvalue weighted by Gasteiger charge is -2.41. The standard InChI is InChI=1S/C47H49N3S/c1-2-11-34(12-3-1)45-48-46(37-22-19-30-9-4-5-13-35(30)27-37)50-47(49-45)38-24-26-42-41-25-23-36(28-43(41)51-44(42)29-38)31-17-20-33(21-18-31)40-16-8-14-32-10-6-7-15-39(32)40/h1-3,11-12,17-29,32,39-40,45-50H,4-10,13-16H2. The second-order valence-corrected chi connectivity index (χ2v) is 17.0. The van der Waals surface area contributed by atoms with Gasteiger partial charge in [-0.05, 0) is 113 Å². The van der Waals surface area contributed by atoms with Crippen molar-refractivity contribution in [1.82, 2.24) is 16.0 Å². The summed E-state index contributed by atoms with van der Waals surface area (Å²) in [5.41, 5.74) is 11.1. The van der Waals surface area contributed by atoms with Gasteiger partial charge < -0.3 is 0 Å². The van der Waals surface area contributed by atoms with E-state index in [9.17, 15) is 0 Å². The van der Waals surface area contributed by atoms with Crippen LogP contribution < -0.4 is 16.0 Å². The maximum absolute atomic E-state index is 3.95. The highest BCUT2D eigenvalue weighted by molar-refractivity contribution is 7.25. The van der Waals surface area contributed by atoms with E-state index in [0.29, 0.717) is 0 Å². The maximum atomic E-state index is 3.95. The van der Waals surface area contributed by atoms with Crippen molar-refractivity contribution in [1.29, 1.82) is 0 Å². The minimum atomic E-state index is 0.00855. The summed E-state index contributed by atoms with van der Waals surface area (Å²) in [6.07, 6.45) is 15.1. The molecule has 4 heteroatoms. The zero-order valence-electron chi connectivity index (χ0n) is 29.5. The molecular weight excluding hydrogens is 639 g/mol. The number of fused-ring (bicyclic) bond motifs is 5. The molecule has 0 bridgehead atoms. The largest absolute Gasteiger partial charge is 0.279 e. The summed E-state index contributed by atoms with van der Waals surface area (Å²) < 4.78 is 2.71. The molecule has 1 aromatic heterocycles. The highest BCUT2D eigenvalue weighted by Crippen LogP contribution is 2.48. The van der Waals surface area contributed by atoms with Crippen molar-refractivity contribution in [2.75, 3.05) is 0 Å². The van der Waals surface area contributed by atoms with Crippen LogP contribution in [0.4, 0.5) is 0 Å². The third-order valence-corrected chi connectivity index (χ3v) is 14.0. The fourth-order valence-corrected chi connectivity index (χ4v) is 11.4. The molecule has 5 aromatic carbocycles. The van der Waals surface area contributed by atoms with Crippen LogP contribution in [0, 0.1) is 11.8 Å². The summed E-state index contributed by atoms with van der Waals surface area (Å²) >= 11 is 1.93. The van der Waals surface area contributed by atoms with Crippen LogP contribution in [0.2, 0.25) is 0 Å². The summed E-state index contributed by atoms with van der Waals surface area (Å²) in [4.78, 5) is 0. The molecule has 3 N–H and O–H groups in total. The van der Waals surface area contributed by atoms with Crippen molar-refractivity contribution in [2.45, 2.75) is 95.0 Å². The van der Waals surface area contributed by atoms with Gasteiger partial charge in [0.05, 0.1) is 18.5 Å². The number of aryl methyl sites for hydroxylation is 2. The number of benzene rings is 5. The van der Waals surface area contributed by atoms with Crippen LogP contribution in [0.15, 0.2) is 109 Å². The van der Waals surface area contributed by atoms with Gasteiger partial charge in [-0.25, -0.2) is 0 Å². The van der Waals surface area contributed by atoms with Crippen LogP contribution in [0.3, 0.4) is 0 Å². The van der Waals surface area contributed by atoms with Gasteiger partial charge in [-0.15, -0.1) is 11.3 Å². The molecule has 3 fully saturated rings. The first-order chi connectivity index (χ1) is 25.2. The molecule has 6 atom stereocenters. The minimum absolute atomic E-state index is 0.00855. The lowest BCUT2D eigenvalue weighted by atomic mass is 9.64. The van der Waals surface area contributed by atoms with Gasteiger partial charge in [-0.3, -0.25) is 16.0 Å². The Morgan fingerprint density at radius 2 is 1.08 bits per heavy atom. The van der Waals surface area contributed by atoms with E-state index in [1.165, 1.54) is 130 Å². The number of hydrogen-bond donors (Lipinski definition) is 3. The van der Waals surface area contributed by atoms with Crippen LogP contribution in [0.1, 0.15) is 116 Å². The minimum Gasteiger partial charge on any atom is -0.279 e. The molecule has 4 aliphatic rings. The molecular formula is C47H49N3S. The molecule has 258 valence electrons. The van der Waals surface area contributed by atoms with Crippen molar-refractivity contribution in [3.8, 4) is 11.1 Å². The van der Waals surface area contributed by atoms with Crippen LogP contribution in [0.25, 0.3) is 31.3 Å². The van der Waals surface area contributed by atoms with Gasteiger partial charge in [-0.2, -0.15) is 0 Å². The smallest absolute Gasteiger partial charge is 0.0865 e. The number of hydrogen-bond acceptors (Lipinski definition) is 4. The molecule has 3 aliphatic carbocycles. The highest BCUT2D eigenvalue weighted by atomic mass is 32.1. The van der Waals surface area contributed by atoms with E-state index < -0.39 is 0 Å². The van der Waals surface area contributed by atoms with Gasteiger partial charge in [0.2, 0.25) is 0 Å².